The van der Waals surface area contributed by atoms with Crippen molar-refractivity contribution in [3.8, 4) is 0 Å². The van der Waals surface area contributed by atoms with Crippen molar-refractivity contribution < 1.29 is 17.5 Å². The number of benzene rings is 1. The van der Waals surface area contributed by atoms with Gasteiger partial charge < -0.3 is 0 Å². The molecular weight excluding hydrogens is 338 g/mol. The average molecular weight is 354 g/mol. The maximum atomic E-state index is 12.1. The van der Waals surface area contributed by atoms with Gasteiger partial charge in [0.05, 0.1) is 0 Å². The summed E-state index contributed by atoms with van der Waals surface area (Å²) in [4.78, 5) is 11.8. The number of rotatable bonds is 4. The predicted molar refractivity (Wildman–Crippen MR) is 88.8 cm³/mol. The van der Waals surface area contributed by atoms with Gasteiger partial charge in [-0.25, -0.2) is 0 Å². The van der Waals surface area contributed by atoms with Crippen LogP contribution in [0.25, 0.3) is 0 Å². The van der Waals surface area contributed by atoms with Gasteiger partial charge in [-0.2, -0.15) is 8.42 Å². The maximum Gasteiger partial charge on any atom is 0.358 e. The second-order valence-corrected chi connectivity index (χ2v) is 7.37. The lowest BCUT2D eigenvalue weighted by atomic mass is 9.90. The van der Waals surface area contributed by atoms with Gasteiger partial charge in [0, 0.05) is 10.6 Å². The highest BCUT2D eigenvalue weighted by Crippen LogP contribution is 2.21. The summed E-state index contributed by atoms with van der Waals surface area (Å²) < 4.78 is 28.9. The Kier molecular flexibility index (Phi) is 5.06. The fourth-order valence-corrected chi connectivity index (χ4v) is 2.83. The standard InChI is InChI=1S/C16H16ClNO4S/c1-10(2)14-9-15(11(3)8-16(14)19)18-22-23(20,21)13-6-4-12(17)5-7-13/h4-10H,1-3H3. The van der Waals surface area contributed by atoms with E-state index in [9.17, 15) is 13.2 Å². The molecule has 0 fully saturated rings. The van der Waals surface area contributed by atoms with Crippen molar-refractivity contribution in [1.82, 2.24) is 0 Å². The molecule has 122 valence electrons. The molecule has 0 N–H and O–H groups in total. The van der Waals surface area contributed by atoms with Crippen molar-refractivity contribution in [2.45, 2.75) is 25.7 Å². The molecule has 5 nitrogen and oxygen atoms in total. The van der Waals surface area contributed by atoms with Gasteiger partial charge in [0.25, 0.3) is 0 Å². The van der Waals surface area contributed by atoms with E-state index in [1.165, 1.54) is 30.3 Å². The molecule has 7 heteroatoms. The number of allylic oxidation sites excluding steroid dienone is 4. The molecule has 1 aromatic rings. The number of oxime groups is 1. The van der Waals surface area contributed by atoms with E-state index < -0.39 is 10.1 Å². The van der Waals surface area contributed by atoms with Crippen molar-refractivity contribution in [2.24, 2.45) is 11.1 Å². The van der Waals surface area contributed by atoms with Gasteiger partial charge in [-0.05, 0) is 54.8 Å². The molecule has 1 aromatic carbocycles. The molecule has 0 atom stereocenters. The Bertz CT molecular complexity index is 818. The quantitative estimate of drug-likeness (QED) is 0.613. The molecule has 2 rings (SSSR count). The summed E-state index contributed by atoms with van der Waals surface area (Å²) in [5.74, 6) is -0.0954. The van der Waals surface area contributed by atoms with Crippen LogP contribution in [0, 0.1) is 5.92 Å². The topological polar surface area (TPSA) is 72.8 Å². The second kappa shape index (κ2) is 6.68. The van der Waals surface area contributed by atoms with Gasteiger partial charge in [0.2, 0.25) is 0 Å². The molecule has 0 saturated carbocycles. The summed E-state index contributed by atoms with van der Waals surface area (Å²) in [6.45, 7) is 5.42. The molecule has 0 radical (unpaired) electrons. The van der Waals surface area contributed by atoms with E-state index in [4.69, 9.17) is 15.9 Å². The molecular formula is C16H16ClNO4S. The zero-order chi connectivity index (χ0) is 17.2. The fraction of sp³-hybridized carbons (Fsp3) is 0.250. The Labute approximate surface area is 140 Å². The number of halogens is 1. The zero-order valence-electron chi connectivity index (χ0n) is 12.9. The van der Waals surface area contributed by atoms with Crippen LogP contribution in [0.15, 0.2) is 57.6 Å². The van der Waals surface area contributed by atoms with Gasteiger partial charge in [-0.3, -0.25) is 9.08 Å². The minimum Gasteiger partial charge on any atom is -0.290 e. The van der Waals surface area contributed by atoms with E-state index in [1.54, 1.807) is 13.0 Å². The van der Waals surface area contributed by atoms with Crippen LogP contribution < -0.4 is 0 Å². The number of carbonyl (C=O) groups excluding carboxylic acids is 1. The fourth-order valence-electron chi connectivity index (χ4n) is 1.97. The third-order valence-corrected chi connectivity index (χ3v) is 4.66. The van der Waals surface area contributed by atoms with Gasteiger partial charge in [-0.1, -0.05) is 30.6 Å². The molecule has 0 aromatic heterocycles. The van der Waals surface area contributed by atoms with Crippen molar-refractivity contribution >= 4 is 33.2 Å². The smallest absolute Gasteiger partial charge is 0.290 e. The van der Waals surface area contributed by atoms with Crippen molar-refractivity contribution in [3.63, 3.8) is 0 Å². The summed E-state index contributed by atoms with van der Waals surface area (Å²) in [5, 5.41) is 4.12. The lowest BCUT2D eigenvalue weighted by molar-refractivity contribution is -0.111. The average Bonchev–Trinajstić information content (AvgIpc) is 2.46. The van der Waals surface area contributed by atoms with Crippen LogP contribution in [0.5, 0.6) is 0 Å². The molecule has 0 aliphatic heterocycles. The van der Waals surface area contributed by atoms with E-state index in [-0.39, 0.29) is 16.6 Å². The number of ketones is 1. The highest BCUT2D eigenvalue weighted by atomic mass is 35.5. The Morgan fingerprint density at radius 3 is 2.30 bits per heavy atom. The van der Waals surface area contributed by atoms with E-state index in [2.05, 4.69) is 5.16 Å². The Morgan fingerprint density at radius 2 is 1.74 bits per heavy atom. The van der Waals surface area contributed by atoms with Crippen LogP contribution >= 0.6 is 11.6 Å². The highest BCUT2D eigenvalue weighted by Gasteiger charge is 2.21. The summed E-state index contributed by atoms with van der Waals surface area (Å²) in [5.41, 5.74) is 1.42. The largest absolute Gasteiger partial charge is 0.358 e. The van der Waals surface area contributed by atoms with Crippen LogP contribution in [0.3, 0.4) is 0 Å². The van der Waals surface area contributed by atoms with Crippen LogP contribution in [-0.4, -0.2) is 19.9 Å². The van der Waals surface area contributed by atoms with E-state index in [0.717, 1.165) is 0 Å². The molecule has 1 aliphatic rings. The van der Waals surface area contributed by atoms with Gasteiger partial charge in [0.15, 0.2) is 5.78 Å². The zero-order valence-corrected chi connectivity index (χ0v) is 14.5. The van der Waals surface area contributed by atoms with Gasteiger partial charge in [-0.15, -0.1) is 0 Å². The Hall–Kier alpha value is -1.92. The number of carbonyl (C=O) groups is 1. The first kappa shape index (κ1) is 17.4. The Balaban J connectivity index is 2.29. The van der Waals surface area contributed by atoms with Crippen LogP contribution in [0.4, 0.5) is 0 Å². The lowest BCUT2D eigenvalue weighted by Crippen LogP contribution is -2.16. The summed E-state index contributed by atoms with van der Waals surface area (Å²) in [6.07, 6.45) is 2.98. The normalized spacial score (nSPS) is 17.3. The van der Waals surface area contributed by atoms with Gasteiger partial charge >= 0.3 is 10.1 Å². The Morgan fingerprint density at radius 1 is 1.13 bits per heavy atom. The SMILES string of the molecule is CC1=CC(=O)C(C(C)C)=CC1=NOS(=O)(=O)c1ccc(Cl)cc1. The predicted octanol–water partition coefficient (Wildman–Crippen LogP) is 3.51. The monoisotopic (exact) mass is 353 g/mol. The first-order chi connectivity index (χ1) is 10.7. The van der Waals surface area contributed by atoms with Crippen LogP contribution in [0.2, 0.25) is 5.02 Å². The molecule has 0 bridgehead atoms. The van der Waals surface area contributed by atoms with Crippen LogP contribution in [0.1, 0.15) is 20.8 Å². The van der Waals surface area contributed by atoms with Crippen molar-refractivity contribution in [3.05, 3.63) is 52.6 Å². The van der Waals surface area contributed by atoms with Gasteiger partial charge in [0.1, 0.15) is 10.6 Å². The molecule has 0 amide bonds. The molecule has 0 saturated heterocycles. The third-order valence-electron chi connectivity index (χ3n) is 3.29. The molecule has 0 unspecified atom stereocenters. The summed E-state index contributed by atoms with van der Waals surface area (Å²) in [7, 11) is -4.04. The number of nitrogens with zero attached hydrogens (tertiary/aromatic N) is 1. The molecule has 0 heterocycles. The lowest BCUT2D eigenvalue weighted by Gasteiger charge is -2.14. The summed E-state index contributed by atoms with van der Waals surface area (Å²) >= 11 is 5.73. The maximum absolute atomic E-state index is 12.1. The molecule has 23 heavy (non-hydrogen) atoms. The van der Waals surface area contributed by atoms with E-state index >= 15 is 0 Å². The van der Waals surface area contributed by atoms with E-state index in [0.29, 0.717) is 21.9 Å². The summed E-state index contributed by atoms with van der Waals surface area (Å²) in [6, 6.07) is 5.57. The highest BCUT2D eigenvalue weighted by molar-refractivity contribution is 7.86. The first-order valence-corrected chi connectivity index (χ1v) is 8.71. The number of hydrogen-bond acceptors (Lipinski definition) is 5. The minimum atomic E-state index is -4.04. The number of hydrogen-bond donors (Lipinski definition) is 0. The third kappa shape index (κ3) is 4.09. The van der Waals surface area contributed by atoms with E-state index in [1.807, 2.05) is 13.8 Å². The minimum absolute atomic E-state index is 0.00456. The van der Waals surface area contributed by atoms with Crippen LogP contribution in [-0.2, 0) is 19.2 Å². The molecule has 0 spiro atoms. The van der Waals surface area contributed by atoms with Crippen molar-refractivity contribution in [1.29, 1.82) is 0 Å². The van der Waals surface area contributed by atoms with Crippen molar-refractivity contribution in [2.75, 3.05) is 0 Å². The molecule has 1 aliphatic carbocycles. The first-order valence-electron chi connectivity index (χ1n) is 6.92. The second-order valence-electron chi connectivity index (χ2n) is 5.41.